The van der Waals surface area contributed by atoms with Gasteiger partial charge in [0, 0.05) is 43.9 Å². The number of para-hydroxylation sites is 2. The highest BCUT2D eigenvalue weighted by Gasteiger charge is 2.18. The summed E-state index contributed by atoms with van der Waals surface area (Å²) in [6, 6.07) is 76.6. The van der Waals surface area contributed by atoms with E-state index in [1.807, 2.05) is 54.6 Å². The Morgan fingerprint density at radius 2 is 0.774 bits per heavy atom. The van der Waals surface area contributed by atoms with Crippen LogP contribution in [0.15, 0.2) is 223 Å². The van der Waals surface area contributed by atoms with Gasteiger partial charge in [-0.3, -0.25) is 0 Å². The number of furan rings is 1. The molecular formula is C57H36N4O. The van der Waals surface area contributed by atoms with Gasteiger partial charge < -0.3 is 8.98 Å². The van der Waals surface area contributed by atoms with Crippen LogP contribution < -0.4 is 0 Å². The van der Waals surface area contributed by atoms with Crippen LogP contribution in [0.2, 0.25) is 0 Å². The van der Waals surface area contributed by atoms with Crippen LogP contribution in [0.4, 0.5) is 0 Å². The van der Waals surface area contributed by atoms with Crippen molar-refractivity contribution in [1.29, 1.82) is 0 Å². The topological polar surface area (TPSA) is 56.7 Å². The molecule has 3 heterocycles. The average Bonchev–Trinajstić information content (AvgIpc) is 3.90. The fourth-order valence-electron chi connectivity index (χ4n) is 8.82. The van der Waals surface area contributed by atoms with E-state index in [1.165, 1.54) is 38.6 Å². The van der Waals surface area contributed by atoms with Gasteiger partial charge in [-0.15, -0.1) is 0 Å². The van der Waals surface area contributed by atoms with Crippen molar-refractivity contribution < 1.29 is 4.42 Å². The summed E-state index contributed by atoms with van der Waals surface area (Å²) in [5, 5.41) is 4.52. The summed E-state index contributed by atoms with van der Waals surface area (Å²) in [6.45, 7) is 0. The van der Waals surface area contributed by atoms with Crippen LogP contribution in [0.5, 0.6) is 0 Å². The third-order valence-electron chi connectivity index (χ3n) is 11.8. The molecule has 12 aromatic rings. The van der Waals surface area contributed by atoms with Crippen molar-refractivity contribution in [3.8, 4) is 73.2 Å². The van der Waals surface area contributed by atoms with Crippen molar-refractivity contribution in [1.82, 2.24) is 19.5 Å². The zero-order valence-corrected chi connectivity index (χ0v) is 33.5. The maximum absolute atomic E-state index is 6.28. The highest BCUT2D eigenvalue weighted by molar-refractivity contribution is 6.11. The number of benzene rings is 9. The highest BCUT2D eigenvalue weighted by atomic mass is 16.3. The van der Waals surface area contributed by atoms with Crippen LogP contribution >= 0.6 is 0 Å². The normalized spacial score (nSPS) is 11.5. The van der Waals surface area contributed by atoms with Gasteiger partial charge in [0.05, 0.1) is 11.0 Å². The smallest absolute Gasteiger partial charge is 0.164 e. The Kier molecular flexibility index (Phi) is 8.42. The molecule has 0 radical (unpaired) electrons. The van der Waals surface area contributed by atoms with E-state index in [-0.39, 0.29) is 0 Å². The molecule has 0 aliphatic heterocycles. The molecule has 5 nitrogen and oxygen atoms in total. The quantitative estimate of drug-likeness (QED) is 0.161. The lowest BCUT2D eigenvalue weighted by atomic mass is 9.93. The van der Waals surface area contributed by atoms with Crippen LogP contribution in [0.3, 0.4) is 0 Å². The summed E-state index contributed by atoms with van der Waals surface area (Å²) in [7, 11) is 0. The standard InChI is InChI=1S/C57H36N4O/c1-4-15-37(16-5-1)43-31-44(38-17-6-2-7-18-38)33-45(32-43)40-28-30-52-50(35-40)47-23-10-12-25-51(47)61(52)46-22-14-21-41(34-46)56-58-55(39-19-8-3-9-20-39)59-57(60-56)42-27-29-49-48-24-11-13-26-53(48)62-54(49)36-42/h1-36H. The Labute approximate surface area is 357 Å². The lowest BCUT2D eigenvalue weighted by molar-refractivity contribution is 0.669. The minimum Gasteiger partial charge on any atom is -0.456 e. The maximum atomic E-state index is 6.28. The first kappa shape index (κ1) is 35.5. The minimum atomic E-state index is 0.581. The molecule has 9 aromatic carbocycles. The Bertz CT molecular complexity index is 3570. The van der Waals surface area contributed by atoms with E-state index >= 15 is 0 Å². The van der Waals surface area contributed by atoms with Crippen molar-refractivity contribution in [2.75, 3.05) is 0 Å². The lowest BCUT2D eigenvalue weighted by Gasteiger charge is -2.13. The first-order chi connectivity index (χ1) is 30.7. The molecule has 0 atom stereocenters. The molecule has 0 bridgehead atoms. The van der Waals surface area contributed by atoms with Gasteiger partial charge in [-0.05, 0) is 100 Å². The molecule has 0 fully saturated rings. The minimum absolute atomic E-state index is 0.581. The van der Waals surface area contributed by atoms with Gasteiger partial charge in [-0.2, -0.15) is 0 Å². The molecule has 5 heteroatoms. The second-order valence-corrected chi connectivity index (χ2v) is 15.6. The van der Waals surface area contributed by atoms with E-state index < -0.39 is 0 Å². The predicted molar refractivity (Wildman–Crippen MR) is 254 cm³/mol. The molecule has 0 saturated carbocycles. The van der Waals surface area contributed by atoms with E-state index in [2.05, 4.69) is 168 Å². The highest BCUT2D eigenvalue weighted by Crippen LogP contribution is 2.39. The zero-order chi connectivity index (χ0) is 41.0. The van der Waals surface area contributed by atoms with Gasteiger partial charge in [-0.1, -0.05) is 152 Å². The first-order valence-electron chi connectivity index (χ1n) is 20.8. The Balaban J connectivity index is 0.991. The summed E-state index contributed by atoms with van der Waals surface area (Å²) in [6.07, 6.45) is 0. The van der Waals surface area contributed by atoms with E-state index in [0.717, 1.165) is 60.9 Å². The summed E-state index contributed by atoms with van der Waals surface area (Å²) in [5.41, 5.74) is 14.7. The van der Waals surface area contributed by atoms with E-state index in [0.29, 0.717) is 17.5 Å². The molecule has 12 rings (SSSR count). The molecular weight excluding hydrogens is 757 g/mol. The fourth-order valence-corrected chi connectivity index (χ4v) is 8.82. The molecule has 290 valence electrons. The zero-order valence-electron chi connectivity index (χ0n) is 33.5. The van der Waals surface area contributed by atoms with Gasteiger partial charge in [0.15, 0.2) is 17.5 Å². The third-order valence-corrected chi connectivity index (χ3v) is 11.8. The number of hydrogen-bond donors (Lipinski definition) is 0. The van der Waals surface area contributed by atoms with Crippen LogP contribution in [0.1, 0.15) is 0 Å². The summed E-state index contributed by atoms with van der Waals surface area (Å²) < 4.78 is 8.63. The molecule has 0 aliphatic rings. The third kappa shape index (κ3) is 6.23. The molecule has 0 unspecified atom stereocenters. The number of aromatic nitrogens is 4. The SMILES string of the molecule is c1ccc(-c2cc(-c3ccccc3)cc(-c3ccc4c(c3)c3ccccc3n4-c3cccc(-c4nc(-c5ccccc5)nc(-c5ccc6c(c5)oc5ccccc56)n4)c3)c2)cc1. The lowest BCUT2D eigenvalue weighted by Crippen LogP contribution is -2.01. The van der Waals surface area contributed by atoms with Crippen LogP contribution in [-0.4, -0.2) is 19.5 Å². The van der Waals surface area contributed by atoms with E-state index in [4.69, 9.17) is 19.4 Å². The number of hydrogen-bond acceptors (Lipinski definition) is 4. The number of nitrogens with zero attached hydrogens (tertiary/aromatic N) is 4. The molecule has 0 amide bonds. The van der Waals surface area contributed by atoms with Crippen molar-refractivity contribution >= 4 is 43.7 Å². The summed E-state index contributed by atoms with van der Waals surface area (Å²) in [4.78, 5) is 15.3. The van der Waals surface area contributed by atoms with Crippen LogP contribution in [0.25, 0.3) is 117 Å². The fraction of sp³-hybridized carbons (Fsp3) is 0. The second kappa shape index (κ2) is 14.7. The maximum Gasteiger partial charge on any atom is 0.164 e. The van der Waals surface area contributed by atoms with Gasteiger partial charge in [0.2, 0.25) is 0 Å². The Hall–Kier alpha value is -8.41. The van der Waals surface area contributed by atoms with Crippen molar-refractivity contribution in [3.05, 3.63) is 218 Å². The predicted octanol–water partition coefficient (Wildman–Crippen LogP) is 14.9. The Morgan fingerprint density at radius 1 is 0.274 bits per heavy atom. The van der Waals surface area contributed by atoms with E-state index in [1.54, 1.807) is 0 Å². The number of rotatable bonds is 7. The largest absolute Gasteiger partial charge is 0.456 e. The number of fused-ring (bicyclic) bond motifs is 6. The summed E-state index contributed by atoms with van der Waals surface area (Å²) >= 11 is 0. The Morgan fingerprint density at radius 3 is 1.47 bits per heavy atom. The van der Waals surface area contributed by atoms with Gasteiger partial charge in [-0.25, -0.2) is 15.0 Å². The monoisotopic (exact) mass is 792 g/mol. The van der Waals surface area contributed by atoms with Gasteiger partial charge >= 0.3 is 0 Å². The molecule has 0 spiro atoms. The van der Waals surface area contributed by atoms with Crippen LogP contribution in [-0.2, 0) is 0 Å². The van der Waals surface area contributed by atoms with Crippen molar-refractivity contribution in [2.45, 2.75) is 0 Å². The van der Waals surface area contributed by atoms with Crippen molar-refractivity contribution in [3.63, 3.8) is 0 Å². The molecule has 62 heavy (non-hydrogen) atoms. The average molecular weight is 793 g/mol. The molecule has 0 N–H and O–H groups in total. The molecule has 0 aliphatic carbocycles. The van der Waals surface area contributed by atoms with Gasteiger partial charge in [0.1, 0.15) is 11.2 Å². The second-order valence-electron chi connectivity index (χ2n) is 15.6. The van der Waals surface area contributed by atoms with Crippen LogP contribution in [0, 0.1) is 0 Å². The van der Waals surface area contributed by atoms with E-state index in [9.17, 15) is 0 Å². The molecule has 0 saturated heterocycles. The molecule has 3 aromatic heterocycles. The van der Waals surface area contributed by atoms with Crippen molar-refractivity contribution in [2.24, 2.45) is 0 Å². The van der Waals surface area contributed by atoms with Gasteiger partial charge in [0.25, 0.3) is 0 Å². The first-order valence-corrected chi connectivity index (χ1v) is 20.8. The summed E-state index contributed by atoms with van der Waals surface area (Å²) in [5.74, 6) is 1.78.